The van der Waals surface area contributed by atoms with E-state index in [1.165, 1.54) is 22.5 Å². The number of carbonyl (C=O) groups excluding carboxylic acids is 1. The number of nitrogens with one attached hydrogen (secondary N) is 1. The van der Waals surface area contributed by atoms with Crippen LogP contribution in [0, 0.1) is 5.92 Å². The van der Waals surface area contributed by atoms with Crippen LogP contribution in [0.4, 0.5) is 0 Å². The summed E-state index contributed by atoms with van der Waals surface area (Å²) in [7, 11) is 0. The number of ether oxygens (including phenoxy) is 1. The van der Waals surface area contributed by atoms with Gasteiger partial charge < -0.3 is 15.8 Å². The van der Waals surface area contributed by atoms with Gasteiger partial charge in [-0.2, -0.15) is 0 Å². The highest BCUT2D eigenvalue weighted by Gasteiger charge is 2.26. The smallest absolute Gasteiger partial charge is 0.270 e. The second-order valence-electron chi connectivity index (χ2n) is 11.3. The van der Waals surface area contributed by atoms with Crippen molar-refractivity contribution in [1.82, 2.24) is 10.3 Å². The summed E-state index contributed by atoms with van der Waals surface area (Å²) in [5.41, 5.74) is 9.49. The molecule has 1 heterocycles. The Kier molecular flexibility index (Phi) is 10.8. The van der Waals surface area contributed by atoms with Gasteiger partial charge in [-0.05, 0) is 60.5 Å². The summed E-state index contributed by atoms with van der Waals surface area (Å²) >= 11 is 1.46. The van der Waals surface area contributed by atoms with Crippen LogP contribution in [-0.4, -0.2) is 24.0 Å². The van der Waals surface area contributed by atoms with Gasteiger partial charge in [0.25, 0.3) is 5.91 Å². The summed E-state index contributed by atoms with van der Waals surface area (Å²) in [5.74, 6) is 1.34. The van der Waals surface area contributed by atoms with Crippen molar-refractivity contribution in [3.63, 3.8) is 0 Å². The second kappa shape index (κ2) is 12.9. The number of nitrogens with zero attached hydrogens (tertiary/aromatic N) is 1. The topological polar surface area (TPSA) is 77.2 Å². The minimum atomic E-state index is -0.133. The Labute approximate surface area is 217 Å². The number of nitrogens with two attached hydrogens (primary N) is 1. The maximum atomic E-state index is 12.4. The zero-order valence-electron chi connectivity index (χ0n) is 23.2. The van der Waals surface area contributed by atoms with Crippen LogP contribution in [0.5, 0.6) is 5.75 Å². The molecule has 6 heteroatoms. The lowest BCUT2D eigenvalue weighted by atomic mass is 9.76. The molecule has 0 spiro atoms. The van der Waals surface area contributed by atoms with Crippen LogP contribution in [0.1, 0.15) is 120 Å². The molecule has 1 atom stereocenters. The van der Waals surface area contributed by atoms with Crippen molar-refractivity contribution >= 4 is 17.2 Å². The fourth-order valence-corrected chi connectivity index (χ4v) is 4.69. The van der Waals surface area contributed by atoms with Gasteiger partial charge in [-0.1, -0.05) is 67.5 Å². The van der Waals surface area contributed by atoms with Crippen LogP contribution in [0.15, 0.2) is 23.6 Å². The van der Waals surface area contributed by atoms with Gasteiger partial charge in [0.2, 0.25) is 0 Å². The van der Waals surface area contributed by atoms with Crippen molar-refractivity contribution in [1.29, 1.82) is 0 Å². The molecule has 0 saturated heterocycles. The Bertz CT molecular complexity index is 949. The molecule has 2 rings (SSSR count). The van der Waals surface area contributed by atoms with Gasteiger partial charge in [0.1, 0.15) is 16.5 Å². The molecule has 1 aromatic carbocycles. The lowest BCUT2D eigenvalue weighted by Crippen LogP contribution is -2.25. The zero-order chi connectivity index (χ0) is 26.2. The van der Waals surface area contributed by atoms with E-state index in [-0.39, 0.29) is 22.8 Å². The normalized spacial score (nSPS) is 13.2. The van der Waals surface area contributed by atoms with Crippen LogP contribution < -0.4 is 15.8 Å². The Morgan fingerprint density at radius 2 is 1.80 bits per heavy atom. The van der Waals surface area contributed by atoms with Gasteiger partial charge >= 0.3 is 0 Å². The summed E-state index contributed by atoms with van der Waals surface area (Å²) in [6.45, 7) is 19.1. The van der Waals surface area contributed by atoms with Crippen molar-refractivity contribution < 1.29 is 9.53 Å². The second-order valence-corrected chi connectivity index (χ2v) is 12.2. The summed E-state index contributed by atoms with van der Waals surface area (Å²) in [4.78, 5) is 16.9. The largest absolute Gasteiger partial charge is 0.493 e. The number of unbranched alkanes of at least 4 members (excludes halogenated alkanes) is 1. The fourth-order valence-electron chi connectivity index (χ4n) is 3.87. The zero-order valence-corrected chi connectivity index (χ0v) is 24.0. The lowest BCUT2D eigenvalue weighted by molar-refractivity contribution is 0.0948. The molecule has 0 fully saturated rings. The predicted molar refractivity (Wildman–Crippen MR) is 149 cm³/mol. The summed E-state index contributed by atoms with van der Waals surface area (Å²) < 4.78 is 6.24. The van der Waals surface area contributed by atoms with E-state index >= 15 is 0 Å². The quantitative estimate of drug-likeness (QED) is 0.269. The Balaban J connectivity index is 1.86. The first kappa shape index (κ1) is 29.3. The summed E-state index contributed by atoms with van der Waals surface area (Å²) in [5, 5.41) is 5.60. The van der Waals surface area contributed by atoms with Gasteiger partial charge in [0.15, 0.2) is 0 Å². The maximum Gasteiger partial charge on any atom is 0.270 e. The molecule has 3 N–H and O–H groups in total. The SMILES string of the molecule is CCC(C)(C)c1ccc(OCCCCNC(=O)c2csc(C(N)CC(C)C)n2)c(C(C)(C)CC)c1. The summed E-state index contributed by atoms with van der Waals surface area (Å²) in [6, 6.07) is 6.59. The molecule has 0 aliphatic carbocycles. The van der Waals surface area contributed by atoms with E-state index in [2.05, 4.69) is 83.9 Å². The highest BCUT2D eigenvalue weighted by molar-refractivity contribution is 7.09. The Morgan fingerprint density at radius 1 is 1.11 bits per heavy atom. The Morgan fingerprint density at radius 3 is 2.43 bits per heavy atom. The average molecular weight is 502 g/mol. The predicted octanol–water partition coefficient (Wildman–Crippen LogP) is 7.15. The molecular weight excluding hydrogens is 454 g/mol. The molecular formula is C29H47N3O2S. The lowest BCUT2D eigenvalue weighted by Gasteiger charge is -2.30. The van der Waals surface area contributed by atoms with Crippen LogP contribution in [0.3, 0.4) is 0 Å². The van der Waals surface area contributed by atoms with Gasteiger partial charge in [-0.25, -0.2) is 4.98 Å². The van der Waals surface area contributed by atoms with E-state index in [4.69, 9.17) is 10.5 Å². The number of hydrogen-bond donors (Lipinski definition) is 2. The van der Waals surface area contributed by atoms with E-state index in [0.717, 1.165) is 42.9 Å². The van der Waals surface area contributed by atoms with Crippen molar-refractivity contribution in [3.8, 4) is 5.75 Å². The highest BCUT2D eigenvalue weighted by atomic mass is 32.1. The highest BCUT2D eigenvalue weighted by Crippen LogP contribution is 2.38. The molecule has 0 aliphatic rings. The molecule has 1 unspecified atom stereocenters. The summed E-state index contributed by atoms with van der Waals surface area (Å²) in [6.07, 6.45) is 4.73. The molecule has 0 aliphatic heterocycles. The standard InChI is InChI=1S/C29H47N3O2S/c1-9-28(5,6)21-13-14-25(22(18-21)29(7,8)10-2)34-16-12-11-15-31-26(33)24-19-35-27(32-24)23(30)17-20(3)4/h13-14,18-20,23H,9-12,15-17,30H2,1-8H3,(H,31,33). The number of rotatable bonds is 14. The number of hydrogen-bond acceptors (Lipinski definition) is 5. The van der Waals surface area contributed by atoms with Gasteiger partial charge in [0.05, 0.1) is 12.6 Å². The molecule has 1 aromatic heterocycles. The van der Waals surface area contributed by atoms with E-state index < -0.39 is 0 Å². The number of aromatic nitrogens is 1. The third-order valence-corrected chi connectivity index (χ3v) is 8.15. The van der Waals surface area contributed by atoms with Crippen molar-refractivity contribution in [2.45, 2.75) is 104 Å². The van der Waals surface area contributed by atoms with Crippen LogP contribution >= 0.6 is 11.3 Å². The molecule has 2 aromatic rings. The molecule has 0 saturated carbocycles. The molecule has 35 heavy (non-hydrogen) atoms. The maximum absolute atomic E-state index is 12.4. The van der Waals surface area contributed by atoms with E-state index in [0.29, 0.717) is 24.8 Å². The molecule has 196 valence electrons. The van der Waals surface area contributed by atoms with Crippen LogP contribution in [0.25, 0.3) is 0 Å². The van der Waals surface area contributed by atoms with Crippen molar-refractivity contribution in [2.24, 2.45) is 11.7 Å². The number of amides is 1. The third kappa shape index (κ3) is 8.32. The van der Waals surface area contributed by atoms with E-state index in [1.54, 1.807) is 5.38 Å². The first-order chi connectivity index (χ1) is 16.4. The molecule has 0 radical (unpaired) electrons. The monoisotopic (exact) mass is 501 g/mol. The fraction of sp³-hybridized carbons (Fsp3) is 0.655. The van der Waals surface area contributed by atoms with Crippen molar-refractivity contribution in [2.75, 3.05) is 13.2 Å². The first-order valence-corrected chi connectivity index (χ1v) is 14.1. The Hall–Kier alpha value is -1.92. The number of thiazole rings is 1. The first-order valence-electron chi connectivity index (χ1n) is 13.2. The van der Waals surface area contributed by atoms with Gasteiger partial charge in [0, 0.05) is 17.5 Å². The molecule has 1 amide bonds. The minimum Gasteiger partial charge on any atom is -0.493 e. The van der Waals surface area contributed by atoms with E-state index in [1.807, 2.05) is 0 Å². The van der Waals surface area contributed by atoms with Gasteiger partial charge in [-0.3, -0.25) is 4.79 Å². The van der Waals surface area contributed by atoms with Crippen molar-refractivity contribution in [3.05, 3.63) is 45.4 Å². The van der Waals surface area contributed by atoms with Crippen LogP contribution in [-0.2, 0) is 10.8 Å². The third-order valence-electron chi connectivity index (χ3n) is 7.17. The minimum absolute atomic E-state index is 0.0488. The van der Waals surface area contributed by atoms with Crippen LogP contribution in [0.2, 0.25) is 0 Å². The average Bonchev–Trinajstić information content (AvgIpc) is 3.31. The molecule has 0 bridgehead atoms. The number of carbonyl (C=O) groups is 1. The molecule has 5 nitrogen and oxygen atoms in total. The van der Waals surface area contributed by atoms with E-state index in [9.17, 15) is 4.79 Å². The number of benzene rings is 1. The van der Waals surface area contributed by atoms with Gasteiger partial charge in [-0.15, -0.1) is 11.3 Å².